The van der Waals surface area contributed by atoms with Gasteiger partial charge in [0.1, 0.15) is 0 Å². The lowest BCUT2D eigenvalue weighted by Crippen LogP contribution is -2.50. The Bertz CT molecular complexity index is 674. The van der Waals surface area contributed by atoms with E-state index in [1.165, 1.54) is 11.3 Å². The number of benzene rings is 1. The van der Waals surface area contributed by atoms with Crippen LogP contribution in [0.2, 0.25) is 0 Å². The summed E-state index contributed by atoms with van der Waals surface area (Å²) in [7, 11) is 0. The van der Waals surface area contributed by atoms with E-state index in [2.05, 4.69) is 0 Å². The smallest absolute Gasteiger partial charge is 0.254 e. The van der Waals surface area contributed by atoms with Crippen molar-refractivity contribution in [3.63, 3.8) is 0 Å². The van der Waals surface area contributed by atoms with E-state index in [4.69, 9.17) is 5.73 Å². The summed E-state index contributed by atoms with van der Waals surface area (Å²) < 4.78 is 0. The van der Waals surface area contributed by atoms with Crippen LogP contribution in [0.4, 0.5) is 0 Å². The summed E-state index contributed by atoms with van der Waals surface area (Å²) >= 11 is 1.52. The van der Waals surface area contributed by atoms with Gasteiger partial charge in [0.15, 0.2) is 0 Å². The molecule has 1 aromatic carbocycles. The highest BCUT2D eigenvalue weighted by molar-refractivity contribution is 7.08. The van der Waals surface area contributed by atoms with E-state index < -0.39 is 0 Å². The predicted molar refractivity (Wildman–Crippen MR) is 90.5 cm³/mol. The van der Waals surface area contributed by atoms with Crippen molar-refractivity contribution in [3.05, 3.63) is 57.8 Å². The zero-order chi connectivity index (χ0) is 16.2. The summed E-state index contributed by atoms with van der Waals surface area (Å²) in [5.74, 6) is 0.0573. The topological polar surface area (TPSA) is 66.6 Å². The number of carbonyl (C=O) groups is 2. The van der Waals surface area contributed by atoms with Gasteiger partial charge in [0.05, 0.1) is 5.56 Å². The highest BCUT2D eigenvalue weighted by Crippen LogP contribution is 2.14. The van der Waals surface area contributed by atoms with Gasteiger partial charge in [0.25, 0.3) is 11.8 Å². The molecule has 0 saturated carbocycles. The van der Waals surface area contributed by atoms with Gasteiger partial charge >= 0.3 is 0 Å². The van der Waals surface area contributed by atoms with Crippen molar-refractivity contribution in [2.45, 2.75) is 6.54 Å². The van der Waals surface area contributed by atoms with Crippen LogP contribution >= 0.6 is 11.3 Å². The Morgan fingerprint density at radius 2 is 1.48 bits per heavy atom. The van der Waals surface area contributed by atoms with Crippen LogP contribution in [0, 0.1) is 0 Å². The van der Waals surface area contributed by atoms with E-state index in [1.807, 2.05) is 46.0 Å². The highest BCUT2D eigenvalue weighted by Gasteiger charge is 2.25. The molecule has 1 aromatic heterocycles. The second kappa shape index (κ2) is 6.93. The van der Waals surface area contributed by atoms with Crippen molar-refractivity contribution in [3.8, 4) is 0 Å². The van der Waals surface area contributed by atoms with Crippen molar-refractivity contribution in [1.29, 1.82) is 0 Å². The fourth-order valence-corrected chi connectivity index (χ4v) is 3.28. The standard InChI is InChI=1S/C17H19N3O2S/c18-11-13-1-3-14(4-2-13)16(21)19-6-8-20(9-7-19)17(22)15-5-10-23-12-15/h1-5,10,12H,6-9,11,18H2. The first-order chi connectivity index (χ1) is 11.2. The van der Waals surface area contributed by atoms with Crippen molar-refractivity contribution in [2.24, 2.45) is 5.73 Å². The van der Waals surface area contributed by atoms with Gasteiger partial charge in [-0.15, -0.1) is 0 Å². The maximum Gasteiger partial charge on any atom is 0.254 e. The summed E-state index contributed by atoms with van der Waals surface area (Å²) in [6.45, 7) is 2.74. The fourth-order valence-electron chi connectivity index (χ4n) is 2.65. The molecule has 1 saturated heterocycles. The Labute approximate surface area is 139 Å². The maximum atomic E-state index is 12.5. The Balaban J connectivity index is 1.59. The van der Waals surface area contributed by atoms with Gasteiger partial charge in [0, 0.05) is 43.7 Å². The first kappa shape index (κ1) is 15.7. The van der Waals surface area contributed by atoms with Crippen LogP contribution in [0.15, 0.2) is 41.1 Å². The third kappa shape index (κ3) is 3.43. The minimum absolute atomic E-state index is 0.0104. The molecular weight excluding hydrogens is 310 g/mol. The van der Waals surface area contributed by atoms with E-state index in [0.29, 0.717) is 38.3 Å². The molecule has 0 unspecified atom stereocenters. The summed E-state index contributed by atoms with van der Waals surface area (Å²) in [6.07, 6.45) is 0. The maximum absolute atomic E-state index is 12.5. The molecule has 1 aliphatic heterocycles. The quantitative estimate of drug-likeness (QED) is 0.934. The molecule has 6 heteroatoms. The molecular formula is C17H19N3O2S. The Morgan fingerprint density at radius 3 is 1.96 bits per heavy atom. The number of nitrogens with two attached hydrogens (primary N) is 1. The molecule has 0 bridgehead atoms. The lowest BCUT2D eigenvalue weighted by atomic mass is 10.1. The molecule has 0 radical (unpaired) electrons. The Hall–Kier alpha value is -2.18. The second-order valence-corrected chi connectivity index (χ2v) is 6.28. The molecule has 120 valence electrons. The molecule has 23 heavy (non-hydrogen) atoms. The first-order valence-electron chi connectivity index (χ1n) is 7.59. The number of amides is 2. The van der Waals surface area contributed by atoms with Gasteiger partial charge in [-0.05, 0) is 29.1 Å². The largest absolute Gasteiger partial charge is 0.335 e. The summed E-state index contributed by atoms with van der Waals surface area (Å²) in [4.78, 5) is 28.4. The van der Waals surface area contributed by atoms with E-state index in [1.54, 1.807) is 4.90 Å². The van der Waals surface area contributed by atoms with Crippen LogP contribution in [0.3, 0.4) is 0 Å². The van der Waals surface area contributed by atoms with Crippen molar-refractivity contribution < 1.29 is 9.59 Å². The highest BCUT2D eigenvalue weighted by atomic mass is 32.1. The van der Waals surface area contributed by atoms with Crippen LogP contribution in [0.5, 0.6) is 0 Å². The minimum atomic E-state index is 0.0104. The van der Waals surface area contributed by atoms with Gasteiger partial charge in [0.2, 0.25) is 0 Å². The number of hydrogen-bond acceptors (Lipinski definition) is 4. The molecule has 1 fully saturated rings. The molecule has 0 aliphatic carbocycles. The van der Waals surface area contributed by atoms with E-state index >= 15 is 0 Å². The lowest BCUT2D eigenvalue weighted by molar-refractivity contribution is 0.0536. The Morgan fingerprint density at radius 1 is 0.913 bits per heavy atom. The van der Waals surface area contributed by atoms with Crippen LogP contribution < -0.4 is 5.73 Å². The van der Waals surface area contributed by atoms with Crippen LogP contribution in [0.25, 0.3) is 0 Å². The molecule has 0 atom stereocenters. The average Bonchev–Trinajstić information content (AvgIpc) is 3.15. The number of nitrogens with zero attached hydrogens (tertiary/aromatic N) is 2. The normalized spacial score (nSPS) is 14.8. The van der Waals surface area contributed by atoms with E-state index in [9.17, 15) is 9.59 Å². The average molecular weight is 329 g/mol. The molecule has 1 aliphatic rings. The zero-order valence-electron chi connectivity index (χ0n) is 12.8. The Kier molecular flexibility index (Phi) is 4.73. The summed E-state index contributed by atoms with van der Waals surface area (Å²) in [5, 5.41) is 3.76. The number of rotatable bonds is 3. The molecule has 2 aromatic rings. The zero-order valence-corrected chi connectivity index (χ0v) is 13.6. The van der Waals surface area contributed by atoms with Gasteiger partial charge in [-0.3, -0.25) is 9.59 Å². The van der Waals surface area contributed by atoms with Gasteiger partial charge < -0.3 is 15.5 Å². The number of piperazine rings is 1. The van der Waals surface area contributed by atoms with Crippen molar-refractivity contribution in [1.82, 2.24) is 9.80 Å². The predicted octanol–water partition coefficient (Wildman–Crippen LogP) is 1.80. The fraction of sp³-hybridized carbons (Fsp3) is 0.294. The second-order valence-electron chi connectivity index (χ2n) is 5.50. The van der Waals surface area contributed by atoms with Gasteiger partial charge in [-0.2, -0.15) is 11.3 Å². The molecule has 2 amide bonds. The lowest BCUT2D eigenvalue weighted by Gasteiger charge is -2.34. The van der Waals surface area contributed by atoms with Crippen LogP contribution in [-0.4, -0.2) is 47.8 Å². The first-order valence-corrected chi connectivity index (χ1v) is 8.53. The molecule has 2 heterocycles. The van der Waals surface area contributed by atoms with E-state index in [-0.39, 0.29) is 11.8 Å². The van der Waals surface area contributed by atoms with Crippen LogP contribution in [0.1, 0.15) is 26.3 Å². The van der Waals surface area contributed by atoms with Gasteiger partial charge in [-0.1, -0.05) is 12.1 Å². The summed E-state index contributed by atoms with van der Waals surface area (Å²) in [5.41, 5.74) is 7.97. The summed E-state index contributed by atoms with van der Waals surface area (Å²) in [6, 6.07) is 9.22. The van der Waals surface area contributed by atoms with Crippen molar-refractivity contribution >= 4 is 23.2 Å². The molecule has 2 N–H and O–H groups in total. The third-order valence-electron chi connectivity index (χ3n) is 4.06. The van der Waals surface area contributed by atoms with Crippen LogP contribution in [-0.2, 0) is 6.54 Å². The van der Waals surface area contributed by atoms with Crippen molar-refractivity contribution in [2.75, 3.05) is 26.2 Å². The SMILES string of the molecule is NCc1ccc(C(=O)N2CCN(C(=O)c3ccsc3)CC2)cc1. The third-order valence-corrected chi connectivity index (χ3v) is 4.74. The van der Waals surface area contributed by atoms with E-state index in [0.717, 1.165) is 11.1 Å². The monoisotopic (exact) mass is 329 g/mol. The molecule has 0 spiro atoms. The number of hydrogen-bond donors (Lipinski definition) is 1. The molecule has 3 rings (SSSR count). The van der Waals surface area contributed by atoms with Gasteiger partial charge in [-0.25, -0.2) is 0 Å². The molecule has 5 nitrogen and oxygen atoms in total. The number of thiophene rings is 1. The number of carbonyl (C=O) groups excluding carboxylic acids is 2. The minimum Gasteiger partial charge on any atom is -0.335 e.